The molecule has 3 aromatic rings. The highest BCUT2D eigenvalue weighted by Crippen LogP contribution is 2.35. The lowest BCUT2D eigenvalue weighted by Crippen LogP contribution is -2.22. The summed E-state index contributed by atoms with van der Waals surface area (Å²) in [7, 11) is 1.71. The summed E-state index contributed by atoms with van der Waals surface area (Å²) >= 11 is 0. The zero-order valence-electron chi connectivity index (χ0n) is 17.0. The molecule has 2 aromatic heterocycles. The minimum Gasteiger partial charge on any atom is -0.455 e. The molecule has 0 spiro atoms. The lowest BCUT2D eigenvalue weighted by molar-refractivity contribution is -0.124. The number of aryl methyl sites for hydroxylation is 1. The van der Waals surface area contributed by atoms with E-state index >= 15 is 0 Å². The van der Waals surface area contributed by atoms with Crippen molar-refractivity contribution >= 4 is 23.2 Å². The van der Waals surface area contributed by atoms with E-state index in [2.05, 4.69) is 11.6 Å². The van der Waals surface area contributed by atoms with Crippen molar-refractivity contribution in [3.8, 4) is 5.75 Å². The second-order valence-electron chi connectivity index (χ2n) is 7.47. The summed E-state index contributed by atoms with van der Waals surface area (Å²) in [6.45, 7) is 5.85. The van der Waals surface area contributed by atoms with Crippen LogP contribution in [0.15, 0.2) is 60.0 Å². The van der Waals surface area contributed by atoms with Crippen molar-refractivity contribution in [2.75, 3.05) is 0 Å². The number of benzene rings is 1. The minimum absolute atomic E-state index is 0.0828. The largest absolute Gasteiger partial charge is 0.455 e. The van der Waals surface area contributed by atoms with Gasteiger partial charge in [-0.2, -0.15) is 0 Å². The van der Waals surface area contributed by atoms with Crippen molar-refractivity contribution in [1.29, 1.82) is 0 Å². The summed E-state index contributed by atoms with van der Waals surface area (Å²) in [4.78, 5) is 31.4. The Labute approximate surface area is 174 Å². The van der Waals surface area contributed by atoms with Crippen molar-refractivity contribution < 1.29 is 9.53 Å². The van der Waals surface area contributed by atoms with Crippen LogP contribution in [0.1, 0.15) is 48.5 Å². The van der Waals surface area contributed by atoms with E-state index in [1.807, 2.05) is 37.3 Å². The molecule has 6 heteroatoms. The van der Waals surface area contributed by atoms with Crippen LogP contribution in [0, 0.1) is 0 Å². The summed E-state index contributed by atoms with van der Waals surface area (Å²) in [5.74, 6) is 2.36. The Morgan fingerprint density at radius 2 is 1.93 bits per heavy atom. The third-order valence-corrected chi connectivity index (χ3v) is 5.33. The number of allylic oxidation sites excluding steroid dienone is 1. The predicted octanol–water partition coefficient (Wildman–Crippen LogP) is 4.17. The average molecular weight is 401 g/mol. The van der Waals surface area contributed by atoms with Gasteiger partial charge in [0.25, 0.3) is 0 Å². The second-order valence-corrected chi connectivity index (χ2v) is 7.47. The number of pyridine rings is 1. The van der Waals surface area contributed by atoms with Crippen molar-refractivity contribution in [3.05, 3.63) is 88.4 Å². The monoisotopic (exact) mass is 401 g/mol. The molecule has 0 amide bonds. The van der Waals surface area contributed by atoms with Gasteiger partial charge in [0.05, 0.1) is 5.69 Å². The van der Waals surface area contributed by atoms with Gasteiger partial charge in [0.2, 0.25) is 5.56 Å². The van der Waals surface area contributed by atoms with Crippen molar-refractivity contribution in [3.63, 3.8) is 0 Å². The van der Waals surface area contributed by atoms with Gasteiger partial charge in [-0.3, -0.25) is 9.59 Å². The first-order valence-electron chi connectivity index (χ1n) is 9.81. The highest BCUT2D eigenvalue weighted by molar-refractivity contribution is 5.89. The fraction of sp³-hybridized carbons (Fsp3) is 0.208. The standard InChI is InChI=1S/C24H23N3O3/c1-4-20-22(26-24(25-20)17-12-18(28)13-17)23(30-19-8-6-5-7-9-19)15(2)16-10-11-21(29)27(3)14-16/h4-11,14,17H,1,12-13H2,2-3H3,(H,25,26)/b23-15-. The maximum atomic E-state index is 11.8. The van der Waals surface area contributed by atoms with Crippen LogP contribution in [0.3, 0.4) is 0 Å². The average Bonchev–Trinajstić information content (AvgIpc) is 3.15. The number of hydrogen-bond acceptors (Lipinski definition) is 4. The highest BCUT2D eigenvalue weighted by atomic mass is 16.5. The first-order valence-corrected chi connectivity index (χ1v) is 9.81. The fourth-order valence-electron chi connectivity index (χ4n) is 3.46. The molecule has 0 aliphatic heterocycles. The van der Waals surface area contributed by atoms with Crippen molar-refractivity contribution in [2.24, 2.45) is 7.05 Å². The molecule has 0 unspecified atom stereocenters. The number of ether oxygens (including phenoxy) is 1. The first kappa shape index (κ1) is 19.6. The molecule has 0 bridgehead atoms. The minimum atomic E-state index is -0.0828. The topological polar surface area (TPSA) is 77.0 Å². The van der Waals surface area contributed by atoms with Gasteiger partial charge < -0.3 is 14.3 Å². The molecular formula is C24H23N3O3. The normalized spacial score (nSPS) is 14.8. The van der Waals surface area contributed by atoms with Gasteiger partial charge >= 0.3 is 0 Å². The molecule has 4 rings (SSSR count). The Balaban J connectivity index is 1.85. The van der Waals surface area contributed by atoms with Crippen LogP contribution < -0.4 is 10.3 Å². The molecule has 30 heavy (non-hydrogen) atoms. The zero-order chi connectivity index (χ0) is 21.3. The van der Waals surface area contributed by atoms with Crippen LogP contribution in [0.25, 0.3) is 17.4 Å². The number of ketones is 1. The number of para-hydroxylation sites is 1. The zero-order valence-corrected chi connectivity index (χ0v) is 17.0. The predicted molar refractivity (Wildman–Crippen MR) is 117 cm³/mol. The Bertz CT molecular complexity index is 1190. The van der Waals surface area contributed by atoms with Gasteiger partial charge in [0.15, 0.2) is 5.76 Å². The quantitative estimate of drug-likeness (QED) is 0.629. The van der Waals surface area contributed by atoms with Crippen LogP contribution in [0.2, 0.25) is 0 Å². The first-order chi connectivity index (χ1) is 14.5. The van der Waals surface area contributed by atoms with Gasteiger partial charge in [0.1, 0.15) is 23.1 Å². The van der Waals surface area contributed by atoms with Crippen LogP contribution in [0.4, 0.5) is 0 Å². The third kappa shape index (κ3) is 3.76. The third-order valence-electron chi connectivity index (χ3n) is 5.33. The molecule has 2 heterocycles. The SMILES string of the molecule is C=Cc1[nH]c(C2CC(=O)C2)nc1/C(Oc1ccccc1)=C(\C)c1ccc(=O)n(C)c1. The molecule has 1 aliphatic carbocycles. The number of Topliss-reactive ketones (excluding diaryl/α,β-unsaturated/α-hetero) is 1. The Morgan fingerprint density at radius 1 is 1.20 bits per heavy atom. The maximum absolute atomic E-state index is 11.8. The van der Waals surface area contributed by atoms with Gasteiger partial charge in [-0.15, -0.1) is 0 Å². The Kier molecular flexibility index (Phi) is 5.23. The Hall–Kier alpha value is -3.67. The molecule has 0 radical (unpaired) electrons. The van der Waals surface area contributed by atoms with Gasteiger partial charge in [-0.25, -0.2) is 4.98 Å². The van der Waals surface area contributed by atoms with E-state index in [1.165, 1.54) is 10.6 Å². The van der Waals surface area contributed by atoms with E-state index < -0.39 is 0 Å². The van der Waals surface area contributed by atoms with Crippen molar-refractivity contribution in [2.45, 2.75) is 25.7 Å². The lowest BCUT2D eigenvalue weighted by atomic mass is 9.83. The van der Waals surface area contributed by atoms with E-state index in [-0.39, 0.29) is 17.3 Å². The van der Waals surface area contributed by atoms with Crippen LogP contribution in [-0.4, -0.2) is 20.3 Å². The molecular weight excluding hydrogens is 378 g/mol. The number of carbonyl (C=O) groups excluding carboxylic acids is 1. The second kappa shape index (κ2) is 7.99. The summed E-state index contributed by atoms with van der Waals surface area (Å²) in [5.41, 5.74) is 2.97. The van der Waals surface area contributed by atoms with E-state index in [9.17, 15) is 9.59 Å². The number of hydrogen-bond donors (Lipinski definition) is 1. The molecule has 1 aliphatic rings. The smallest absolute Gasteiger partial charge is 0.250 e. The van der Waals surface area contributed by atoms with Gasteiger partial charge in [0, 0.05) is 43.6 Å². The van der Waals surface area contributed by atoms with E-state index in [4.69, 9.17) is 9.72 Å². The number of nitrogens with zero attached hydrogens (tertiary/aromatic N) is 2. The van der Waals surface area contributed by atoms with E-state index in [0.717, 1.165) is 22.7 Å². The summed E-state index contributed by atoms with van der Waals surface area (Å²) in [5, 5.41) is 0. The molecule has 1 N–H and O–H groups in total. The van der Waals surface area contributed by atoms with Crippen LogP contribution >= 0.6 is 0 Å². The molecule has 1 saturated carbocycles. The summed E-state index contributed by atoms with van der Waals surface area (Å²) in [6, 6.07) is 12.8. The fourth-order valence-corrected chi connectivity index (χ4v) is 3.46. The highest BCUT2D eigenvalue weighted by Gasteiger charge is 2.32. The number of rotatable bonds is 6. The molecule has 6 nitrogen and oxygen atoms in total. The van der Waals surface area contributed by atoms with E-state index in [0.29, 0.717) is 30.0 Å². The number of carbonyl (C=O) groups is 1. The van der Waals surface area contributed by atoms with Crippen LogP contribution in [-0.2, 0) is 11.8 Å². The number of aromatic nitrogens is 3. The number of aromatic amines is 1. The Morgan fingerprint density at radius 3 is 2.57 bits per heavy atom. The summed E-state index contributed by atoms with van der Waals surface area (Å²) < 4.78 is 7.82. The van der Waals surface area contributed by atoms with Gasteiger partial charge in [-0.1, -0.05) is 24.8 Å². The number of nitrogens with one attached hydrogen (secondary N) is 1. The molecule has 0 atom stereocenters. The van der Waals surface area contributed by atoms with Gasteiger partial charge in [-0.05, 0) is 36.8 Å². The molecule has 0 saturated heterocycles. The number of imidazole rings is 1. The maximum Gasteiger partial charge on any atom is 0.250 e. The van der Waals surface area contributed by atoms with E-state index in [1.54, 1.807) is 25.4 Å². The lowest BCUT2D eigenvalue weighted by Gasteiger charge is -2.21. The molecule has 1 aromatic carbocycles. The number of H-pyrrole nitrogens is 1. The van der Waals surface area contributed by atoms with Crippen molar-refractivity contribution in [1.82, 2.24) is 14.5 Å². The summed E-state index contributed by atoms with van der Waals surface area (Å²) in [6.07, 6.45) is 4.48. The molecule has 1 fully saturated rings. The molecule has 152 valence electrons. The van der Waals surface area contributed by atoms with Crippen LogP contribution in [0.5, 0.6) is 5.75 Å².